The molecular weight excluding hydrogens is 150 g/mol. The summed E-state index contributed by atoms with van der Waals surface area (Å²) in [5, 5.41) is 3.44. The third-order valence-electron chi connectivity index (χ3n) is 1.86. The molecule has 0 aromatic rings. The van der Waals surface area contributed by atoms with E-state index in [0.717, 1.165) is 13.1 Å². The minimum atomic E-state index is 0.522. The lowest BCUT2D eigenvalue weighted by Crippen LogP contribution is -2.43. The molecule has 3 heteroatoms. The molecule has 0 aliphatic carbocycles. The summed E-state index contributed by atoms with van der Waals surface area (Å²) in [6, 6.07) is 1.07. The van der Waals surface area contributed by atoms with E-state index in [9.17, 15) is 0 Å². The van der Waals surface area contributed by atoms with E-state index < -0.39 is 0 Å². The third kappa shape index (κ3) is 5.52. The maximum absolute atomic E-state index is 5.56. The van der Waals surface area contributed by atoms with Crippen molar-refractivity contribution in [3.63, 3.8) is 0 Å². The molecule has 0 spiro atoms. The van der Waals surface area contributed by atoms with Gasteiger partial charge in [-0.15, -0.1) is 0 Å². The minimum absolute atomic E-state index is 0.522. The molecule has 0 bridgehead atoms. The zero-order chi connectivity index (χ0) is 9.56. The molecule has 0 saturated heterocycles. The van der Waals surface area contributed by atoms with E-state index >= 15 is 0 Å². The SMILES string of the molecule is CCN(CN)CC(C)NC(C)C. The molecule has 3 nitrogen and oxygen atoms in total. The fourth-order valence-electron chi connectivity index (χ4n) is 1.34. The second-order valence-corrected chi connectivity index (χ2v) is 3.57. The largest absolute Gasteiger partial charge is 0.318 e. The normalized spacial score (nSPS) is 14.2. The van der Waals surface area contributed by atoms with Crippen LogP contribution in [0.15, 0.2) is 0 Å². The smallest absolute Gasteiger partial charge is 0.0455 e. The highest BCUT2D eigenvalue weighted by Crippen LogP contribution is 1.91. The Morgan fingerprint density at radius 2 is 1.92 bits per heavy atom. The van der Waals surface area contributed by atoms with E-state index in [1.807, 2.05) is 0 Å². The number of rotatable bonds is 6. The Kier molecular flexibility index (Phi) is 6.34. The van der Waals surface area contributed by atoms with Crippen LogP contribution in [-0.4, -0.2) is 36.7 Å². The van der Waals surface area contributed by atoms with Crippen molar-refractivity contribution in [2.45, 2.75) is 39.8 Å². The highest BCUT2D eigenvalue weighted by atomic mass is 15.2. The van der Waals surface area contributed by atoms with Crippen LogP contribution >= 0.6 is 0 Å². The summed E-state index contributed by atoms with van der Waals surface area (Å²) in [7, 11) is 0. The van der Waals surface area contributed by atoms with Crippen LogP contribution in [0.3, 0.4) is 0 Å². The standard InChI is InChI=1S/C9H23N3/c1-5-12(7-10)6-9(4)11-8(2)3/h8-9,11H,5-7,10H2,1-4H3. The predicted octanol–water partition coefficient (Wildman–Crippen LogP) is 0.611. The molecular formula is C9H23N3. The number of hydrogen-bond acceptors (Lipinski definition) is 3. The van der Waals surface area contributed by atoms with Crippen molar-refractivity contribution in [1.82, 2.24) is 10.2 Å². The first kappa shape index (κ1) is 11.9. The molecule has 0 saturated carbocycles. The van der Waals surface area contributed by atoms with Crippen LogP contribution in [0.1, 0.15) is 27.7 Å². The van der Waals surface area contributed by atoms with Gasteiger partial charge in [0.1, 0.15) is 0 Å². The van der Waals surface area contributed by atoms with Gasteiger partial charge in [-0.25, -0.2) is 0 Å². The average molecular weight is 173 g/mol. The lowest BCUT2D eigenvalue weighted by molar-refractivity contribution is 0.260. The van der Waals surface area contributed by atoms with Gasteiger partial charge in [0.15, 0.2) is 0 Å². The summed E-state index contributed by atoms with van der Waals surface area (Å²) in [6.45, 7) is 11.4. The minimum Gasteiger partial charge on any atom is -0.318 e. The van der Waals surface area contributed by atoms with Gasteiger partial charge in [-0.1, -0.05) is 20.8 Å². The van der Waals surface area contributed by atoms with Gasteiger partial charge in [-0.2, -0.15) is 0 Å². The molecule has 0 aromatic heterocycles. The Balaban J connectivity index is 3.58. The summed E-state index contributed by atoms with van der Waals surface area (Å²) < 4.78 is 0. The van der Waals surface area contributed by atoms with Gasteiger partial charge in [-0.05, 0) is 13.5 Å². The topological polar surface area (TPSA) is 41.3 Å². The van der Waals surface area contributed by atoms with Crippen LogP contribution < -0.4 is 11.1 Å². The summed E-state index contributed by atoms with van der Waals surface area (Å²) >= 11 is 0. The maximum atomic E-state index is 5.56. The van der Waals surface area contributed by atoms with Crippen LogP contribution in [0.4, 0.5) is 0 Å². The molecule has 0 aliphatic rings. The second-order valence-electron chi connectivity index (χ2n) is 3.57. The Morgan fingerprint density at radius 1 is 1.33 bits per heavy atom. The van der Waals surface area contributed by atoms with Crippen molar-refractivity contribution in [3.05, 3.63) is 0 Å². The molecule has 0 heterocycles. The van der Waals surface area contributed by atoms with Crippen LogP contribution in [0, 0.1) is 0 Å². The van der Waals surface area contributed by atoms with Crippen molar-refractivity contribution in [2.24, 2.45) is 5.73 Å². The molecule has 12 heavy (non-hydrogen) atoms. The van der Waals surface area contributed by atoms with Gasteiger partial charge in [0.05, 0.1) is 0 Å². The number of hydrogen-bond donors (Lipinski definition) is 2. The maximum Gasteiger partial charge on any atom is 0.0455 e. The highest BCUT2D eigenvalue weighted by Gasteiger charge is 2.07. The van der Waals surface area contributed by atoms with Crippen LogP contribution in [0.25, 0.3) is 0 Å². The Morgan fingerprint density at radius 3 is 2.25 bits per heavy atom. The molecule has 3 N–H and O–H groups in total. The molecule has 1 unspecified atom stereocenters. The van der Waals surface area contributed by atoms with Crippen molar-refractivity contribution < 1.29 is 0 Å². The first-order valence-electron chi connectivity index (χ1n) is 4.78. The lowest BCUT2D eigenvalue weighted by Gasteiger charge is -2.24. The van der Waals surface area contributed by atoms with E-state index in [1.165, 1.54) is 0 Å². The molecule has 74 valence electrons. The van der Waals surface area contributed by atoms with Gasteiger partial charge < -0.3 is 11.1 Å². The number of nitrogens with zero attached hydrogens (tertiary/aromatic N) is 1. The fourth-order valence-corrected chi connectivity index (χ4v) is 1.34. The van der Waals surface area contributed by atoms with Crippen LogP contribution in [0.2, 0.25) is 0 Å². The Labute approximate surface area is 76.3 Å². The van der Waals surface area contributed by atoms with Crippen molar-refractivity contribution >= 4 is 0 Å². The first-order valence-corrected chi connectivity index (χ1v) is 4.78. The molecule has 0 fully saturated rings. The van der Waals surface area contributed by atoms with E-state index in [4.69, 9.17) is 5.73 Å². The predicted molar refractivity (Wildman–Crippen MR) is 54.0 cm³/mol. The van der Waals surface area contributed by atoms with Gasteiger partial charge in [0, 0.05) is 25.3 Å². The third-order valence-corrected chi connectivity index (χ3v) is 1.86. The summed E-state index contributed by atoms with van der Waals surface area (Å²) in [5.41, 5.74) is 5.56. The van der Waals surface area contributed by atoms with Crippen LogP contribution in [-0.2, 0) is 0 Å². The first-order chi connectivity index (χ1) is 5.60. The second kappa shape index (κ2) is 6.40. The summed E-state index contributed by atoms with van der Waals surface area (Å²) in [4.78, 5) is 2.22. The van der Waals surface area contributed by atoms with E-state index in [1.54, 1.807) is 0 Å². The molecule has 0 amide bonds. The zero-order valence-corrected chi connectivity index (χ0v) is 8.80. The van der Waals surface area contributed by atoms with E-state index in [2.05, 4.69) is 37.9 Å². The van der Waals surface area contributed by atoms with Crippen LogP contribution in [0.5, 0.6) is 0 Å². The molecule has 0 aliphatic heterocycles. The number of nitrogens with two attached hydrogens (primary N) is 1. The van der Waals surface area contributed by atoms with Gasteiger partial charge in [0.25, 0.3) is 0 Å². The Hall–Kier alpha value is -0.120. The molecule has 0 rings (SSSR count). The molecule has 0 aromatic carbocycles. The monoisotopic (exact) mass is 173 g/mol. The Bertz CT molecular complexity index is 99.9. The molecule has 1 atom stereocenters. The zero-order valence-electron chi connectivity index (χ0n) is 8.80. The summed E-state index contributed by atoms with van der Waals surface area (Å²) in [6.07, 6.45) is 0. The van der Waals surface area contributed by atoms with E-state index in [-0.39, 0.29) is 0 Å². The number of nitrogens with one attached hydrogen (secondary N) is 1. The molecule has 0 radical (unpaired) electrons. The lowest BCUT2D eigenvalue weighted by atomic mass is 10.2. The van der Waals surface area contributed by atoms with Crippen molar-refractivity contribution in [2.75, 3.05) is 19.8 Å². The highest BCUT2D eigenvalue weighted by molar-refractivity contribution is 4.67. The average Bonchev–Trinajstić information content (AvgIpc) is 1.98. The summed E-state index contributed by atoms with van der Waals surface area (Å²) in [5.74, 6) is 0. The number of likely N-dealkylation sites (N-methyl/N-ethyl adjacent to an activating group) is 1. The van der Waals surface area contributed by atoms with Gasteiger partial charge >= 0.3 is 0 Å². The quantitative estimate of drug-likeness (QED) is 0.578. The van der Waals surface area contributed by atoms with E-state index in [0.29, 0.717) is 18.8 Å². The van der Waals surface area contributed by atoms with Crippen molar-refractivity contribution in [1.29, 1.82) is 0 Å². The van der Waals surface area contributed by atoms with Crippen molar-refractivity contribution in [3.8, 4) is 0 Å². The van der Waals surface area contributed by atoms with Gasteiger partial charge in [0.2, 0.25) is 0 Å². The fraction of sp³-hybridized carbons (Fsp3) is 1.00. The van der Waals surface area contributed by atoms with Gasteiger partial charge in [-0.3, -0.25) is 4.90 Å².